The molecule has 3 N–H and O–H groups in total. The van der Waals surface area contributed by atoms with Crippen LogP contribution in [0.2, 0.25) is 0 Å². The summed E-state index contributed by atoms with van der Waals surface area (Å²) in [6, 6.07) is 3.73. The lowest BCUT2D eigenvalue weighted by molar-refractivity contribution is -0.141. The molecule has 16 heteroatoms. The number of methoxy groups -OCH3 is 1. The number of sulfonamides is 1. The summed E-state index contributed by atoms with van der Waals surface area (Å²) in [7, 11) is -2.35. The number of benzene rings is 1. The number of nitrogens with one attached hydrogen (secondary N) is 3. The fourth-order valence-electron chi connectivity index (χ4n) is 8.78. The molecule has 7 rings (SSSR count). The average molecular weight is 866 g/mol. The van der Waals surface area contributed by atoms with Gasteiger partial charge in [0.15, 0.2) is 0 Å². The van der Waals surface area contributed by atoms with E-state index in [1.165, 1.54) is 4.90 Å². The topological polar surface area (TPSA) is 192 Å². The number of aryl methyl sites for hydroxylation is 2. The van der Waals surface area contributed by atoms with Gasteiger partial charge in [0.2, 0.25) is 21.8 Å². The number of carbonyl (C=O) groups excluding carboxylic acids is 4. The highest BCUT2D eigenvalue weighted by atomic mass is 32.2. The first-order chi connectivity index (χ1) is 29.0. The van der Waals surface area contributed by atoms with Gasteiger partial charge in [-0.3, -0.25) is 19.1 Å². The summed E-state index contributed by atoms with van der Waals surface area (Å²) >= 11 is 0. The number of amides is 4. The highest BCUT2D eigenvalue weighted by molar-refractivity contribution is 7.91. The lowest BCUT2D eigenvalue weighted by Crippen LogP contribution is -2.58. The number of allylic oxidation sites excluding steroid dienone is 1. The molecule has 0 unspecified atom stereocenters. The summed E-state index contributed by atoms with van der Waals surface area (Å²) < 4.78 is 51.8. The molecule has 15 nitrogen and oxygen atoms in total. The van der Waals surface area contributed by atoms with Crippen molar-refractivity contribution < 1.29 is 46.5 Å². The largest absolute Gasteiger partial charge is 0.493 e. The van der Waals surface area contributed by atoms with E-state index in [0.717, 1.165) is 41.4 Å². The molecule has 2 aromatic rings. The zero-order valence-electron chi connectivity index (χ0n) is 36.5. The van der Waals surface area contributed by atoms with E-state index in [1.807, 2.05) is 51.1 Å². The molecule has 1 aromatic carbocycles. The minimum absolute atomic E-state index is 0.0398. The van der Waals surface area contributed by atoms with Gasteiger partial charge in [0.1, 0.15) is 40.8 Å². The summed E-state index contributed by atoms with van der Waals surface area (Å²) in [6.45, 7) is 10.4. The lowest BCUT2D eigenvalue weighted by Gasteiger charge is -2.37. The predicted octanol–water partition coefficient (Wildman–Crippen LogP) is 5.41. The molecule has 4 heterocycles. The lowest BCUT2D eigenvalue weighted by atomic mass is 9.87. The zero-order chi connectivity index (χ0) is 43.7. The third-order valence-corrected chi connectivity index (χ3v) is 15.6. The van der Waals surface area contributed by atoms with E-state index in [9.17, 15) is 27.6 Å². The van der Waals surface area contributed by atoms with Crippen LogP contribution >= 0.6 is 0 Å². The van der Waals surface area contributed by atoms with Crippen LogP contribution in [-0.4, -0.2) is 103 Å². The average Bonchev–Trinajstić information content (AvgIpc) is 4.12. The van der Waals surface area contributed by atoms with Crippen LogP contribution < -0.4 is 24.8 Å². The van der Waals surface area contributed by atoms with Crippen LogP contribution in [0.25, 0.3) is 10.9 Å². The molecule has 0 radical (unpaired) electrons. The van der Waals surface area contributed by atoms with E-state index in [-0.39, 0.29) is 25.3 Å². The maximum Gasteiger partial charge on any atom is 0.408 e. The van der Waals surface area contributed by atoms with Crippen LogP contribution in [-0.2, 0) is 46.7 Å². The van der Waals surface area contributed by atoms with Crippen molar-refractivity contribution in [3.63, 3.8) is 0 Å². The second-order valence-electron chi connectivity index (χ2n) is 18.3. The molecular formula is C45H63N5O10S. The summed E-state index contributed by atoms with van der Waals surface area (Å²) in [5.74, 6) is -0.881. The summed E-state index contributed by atoms with van der Waals surface area (Å²) in [5, 5.41) is 6.71. The molecular weight excluding hydrogens is 803 g/mol. The number of hydrogen-bond donors (Lipinski definition) is 3. The number of hydrogen-bond acceptors (Lipinski definition) is 11. The number of aromatic nitrogens is 1. The first-order valence-corrected chi connectivity index (χ1v) is 23.6. The molecule has 0 bridgehead atoms. The Morgan fingerprint density at radius 2 is 1.87 bits per heavy atom. The predicted molar refractivity (Wildman–Crippen MR) is 229 cm³/mol. The maximum atomic E-state index is 14.9. The number of alkyl carbamates (subject to hydrolysis) is 1. The number of nitrogens with zero attached hydrogens (tertiary/aromatic N) is 2. The molecule has 5 aliphatic rings. The van der Waals surface area contributed by atoms with Crippen LogP contribution in [0, 0.1) is 11.8 Å². The number of carbonyl (C=O) groups is 4. The standard InChI is InChI=1S/C45H63N5O10S/c1-7-34-38-32(33-24-31(16-17-35(33)46-34)58-23-13-22-57-6)18-19-44(60-38)26-37-39(51)48-45(41(53)49-61(55,56)43(5)20-21-43)25-30(45)14-11-9-8-10-12-15-36(40(52)50(37)27-44)47-42(54)59-29(4)28(2)3/h11,14,16-17,24,28-30,36-37H,7-10,12-13,15,18-23,25-27H2,1-6H3,(H,47,54)(H,48,51)(H,49,53)/b14-11-/t29-,30+,36-,37-,44+,45+/m0/s1. The third kappa shape index (κ3) is 9.35. The van der Waals surface area contributed by atoms with Crippen molar-refractivity contribution in [1.82, 2.24) is 25.2 Å². The van der Waals surface area contributed by atoms with Gasteiger partial charge in [-0.15, -0.1) is 0 Å². The van der Waals surface area contributed by atoms with Gasteiger partial charge in [-0.1, -0.05) is 45.8 Å². The van der Waals surface area contributed by atoms with Crippen LogP contribution in [0.3, 0.4) is 0 Å². The van der Waals surface area contributed by atoms with Crippen LogP contribution in [0.1, 0.15) is 117 Å². The van der Waals surface area contributed by atoms with Gasteiger partial charge < -0.3 is 34.5 Å². The highest BCUT2D eigenvalue weighted by Gasteiger charge is 2.64. The number of pyridine rings is 1. The molecule has 4 amide bonds. The Morgan fingerprint density at radius 3 is 2.59 bits per heavy atom. The van der Waals surface area contributed by atoms with Gasteiger partial charge in [0.25, 0.3) is 5.91 Å². The van der Waals surface area contributed by atoms with E-state index in [2.05, 4.69) is 15.4 Å². The van der Waals surface area contributed by atoms with Gasteiger partial charge in [0, 0.05) is 43.4 Å². The molecule has 1 saturated heterocycles. The molecule has 334 valence electrons. The second-order valence-corrected chi connectivity index (χ2v) is 20.5. The molecule has 2 saturated carbocycles. The van der Waals surface area contributed by atoms with Crippen LogP contribution in [0.4, 0.5) is 4.79 Å². The zero-order valence-corrected chi connectivity index (χ0v) is 37.3. The minimum Gasteiger partial charge on any atom is -0.493 e. The fourth-order valence-corrected chi connectivity index (χ4v) is 10.1. The van der Waals surface area contributed by atoms with Crippen molar-refractivity contribution in [2.75, 3.05) is 26.9 Å². The van der Waals surface area contributed by atoms with Crippen LogP contribution in [0.15, 0.2) is 30.4 Å². The van der Waals surface area contributed by atoms with Crippen molar-refractivity contribution in [2.45, 2.75) is 152 Å². The van der Waals surface area contributed by atoms with Gasteiger partial charge in [-0.05, 0) is 95.8 Å². The molecule has 3 fully saturated rings. The molecule has 2 aliphatic carbocycles. The van der Waals surface area contributed by atoms with E-state index in [0.29, 0.717) is 76.1 Å². The Hall–Kier alpha value is -4.44. The monoisotopic (exact) mass is 865 g/mol. The van der Waals surface area contributed by atoms with Gasteiger partial charge in [-0.25, -0.2) is 18.2 Å². The van der Waals surface area contributed by atoms with Crippen molar-refractivity contribution in [1.29, 1.82) is 0 Å². The van der Waals surface area contributed by atoms with E-state index >= 15 is 0 Å². The van der Waals surface area contributed by atoms with Crippen molar-refractivity contribution >= 4 is 44.7 Å². The fraction of sp³-hybridized carbons (Fsp3) is 0.667. The first-order valence-electron chi connectivity index (χ1n) is 22.1. The van der Waals surface area contributed by atoms with Gasteiger partial charge in [-0.2, -0.15) is 0 Å². The van der Waals surface area contributed by atoms with E-state index in [4.69, 9.17) is 23.9 Å². The Kier molecular flexibility index (Phi) is 13.0. The summed E-state index contributed by atoms with van der Waals surface area (Å²) in [5.41, 5.74) is 0.0153. The third-order valence-electron chi connectivity index (χ3n) is 13.5. The number of rotatable bonds is 12. The minimum atomic E-state index is -4.00. The van der Waals surface area contributed by atoms with Gasteiger partial charge >= 0.3 is 6.09 Å². The van der Waals surface area contributed by atoms with Gasteiger partial charge in [0.05, 0.1) is 29.1 Å². The molecule has 1 aromatic heterocycles. The molecule has 6 atom stereocenters. The molecule has 61 heavy (non-hydrogen) atoms. The number of fused-ring (bicyclic) bond motifs is 5. The Morgan fingerprint density at radius 1 is 1.08 bits per heavy atom. The first kappa shape index (κ1) is 44.6. The Labute approximate surface area is 359 Å². The SMILES string of the molecule is CCc1nc2ccc(OCCCOC)cc2c2c1O[C@]1(CC2)C[C@H]2C(=O)N[C@]3(C(=O)NS(=O)(=O)C4(C)CC4)C[C@H]3/C=C\CCCCC[C@H](NC(=O)O[C@@H](C)C(C)C)C(=O)N2C1. The molecule has 3 aliphatic heterocycles. The van der Waals surface area contributed by atoms with Crippen LogP contribution in [0.5, 0.6) is 11.5 Å². The quantitative estimate of drug-likeness (QED) is 0.183. The Balaban J connectivity index is 1.22. The summed E-state index contributed by atoms with van der Waals surface area (Å²) in [6.07, 6.45) is 9.52. The normalized spacial score (nSPS) is 28.2. The van der Waals surface area contributed by atoms with Crippen molar-refractivity contribution in [3.8, 4) is 11.5 Å². The Bertz CT molecular complexity index is 2160. The second kappa shape index (κ2) is 17.7. The smallest absolute Gasteiger partial charge is 0.408 e. The summed E-state index contributed by atoms with van der Waals surface area (Å²) in [4.78, 5) is 63.6. The van der Waals surface area contributed by atoms with Crippen molar-refractivity contribution in [2.24, 2.45) is 11.8 Å². The van der Waals surface area contributed by atoms with Crippen molar-refractivity contribution in [3.05, 3.63) is 41.6 Å². The molecule has 1 spiro atoms. The maximum absolute atomic E-state index is 14.9. The van der Waals surface area contributed by atoms with E-state index in [1.54, 1.807) is 21.0 Å². The highest BCUT2D eigenvalue weighted by Crippen LogP contribution is 2.49. The number of ether oxygens (including phenoxy) is 4. The van der Waals surface area contributed by atoms with E-state index < -0.39 is 73.8 Å².